The summed E-state index contributed by atoms with van der Waals surface area (Å²) in [7, 11) is 0. The maximum Gasteiger partial charge on any atom is 0.0516 e. The van der Waals surface area contributed by atoms with Gasteiger partial charge in [-0.2, -0.15) is 0 Å². The molecule has 0 amide bonds. The molecule has 0 aliphatic carbocycles. The molecular weight excluding hydrogens is 152 g/mol. The molecule has 1 atom stereocenters. The highest BCUT2D eigenvalue weighted by molar-refractivity contribution is 4.79. The predicted octanol–water partition coefficient (Wildman–Crippen LogP) is 1.82. The second-order valence-corrected chi connectivity index (χ2v) is 4.33. The van der Waals surface area contributed by atoms with Crippen molar-refractivity contribution in [3.05, 3.63) is 0 Å². The molecule has 0 spiro atoms. The lowest BCUT2D eigenvalue weighted by atomic mass is 9.77. The van der Waals surface area contributed by atoms with E-state index in [1.165, 1.54) is 0 Å². The van der Waals surface area contributed by atoms with Crippen molar-refractivity contribution in [3.8, 4) is 0 Å². The van der Waals surface area contributed by atoms with Gasteiger partial charge in [-0.15, -0.1) is 0 Å². The molecule has 2 heteroatoms. The Labute approximate surface area is 74.9 Å². The van der Waals surface area contributed by atoms with Crippen molar-refractivity contribution in [1.29, 1.82) is 0 Å². The van der Waals surface area contributed by atoms with Gasteiger partial charge in [-0.05, 0) is 18.3 Å². The minimum Gasteiger partial charge on any atom is -0.396 e. The smallest absolute Gasteiger partial charge is 0.0516 e. The summed E-state index contributed by atoms with van der Waals surface area (Å²) in [5.41, 5.74) is 0.142. The van der Waals surface area contributed by atoms with Crippen molar-refractivity contribution in [2.75, 3.05) is 19.8 Å². The highest BCUT2D eigenvalue weighted by Gasteiger charge is 2.30. The van der Waals surface area contributed by atoms with Gasteiger partial charge in [0, 0.05) is 12.5 Å². The van der Waals surface area contributed by atoms with Gasteiger partial charge in [0.15, 0.2) is 0 Å². The van der Waals surface area contributed by atoms with Crippen molar-refractivity contribution < 1.29 is 9.84 Å². The largest absolute Gasteiger partial charge is 0.396 e. The SMILES string of the molecule is CCCC(C)(CO)CC1COC1. The standard InChI is InChI=1S/C10H20O2/c1-3-4-10(2,8-11)5-9-6-12-7-9/h9,11H,3-8H2,1-2H3. The van der Waals surface area contributed by atoms with Crippen LogP contribution in [-0.4, -0.2) is 24.9 Å². The maximum absolute atomic E-state index is 9.24. The van der Waals surface area contributed by atoms with Gasteiger partial charge in [0.1, 0.15) is 0 Å². The number of ether oxygens (including phenoxy) is 1. The maximum atomic E-state index is 9.24. The number of aliphatic hydroxyl groups is 1. The first kappa shape index (κ1) is 10.0. The van der Waals surface area contributed by atoms with Crippen LogP contribution in [0.25, 0.3) is 0 Å². The Morgan fingerprint density at radius 3 is 2.50 bits per heavy atom. The van der Waals surface area contributed by atoms with Crippen molar-refractivity contribution in [1.82, 2.24) is 0 Å². The first-order valence-electron chi connectivity index (χ1n) is 4.89. The van der Waals surface area contributed by atoms with E-state index in [1.54, 1.807) is 0 Å². The molecule has 2 nitrogen and oxygen atoms in total. The summed E-state index contributed by atoms with van der Waals surface area (Å²) in [6.07, 6.45) is 3.40. The quantitative estimate of drug-likeness (QED) is 0.685. The summed E-state index contributed by atoms with van der Waals surface area (Å²) in [6.45, 7) is 6.47. The van der Waals surface area contributed by atoms with Crippen LogP contribution < -0.4 is 0 Å². The topological polar surface area (TPSA) is 29.5 Å². The van der Waals surface area contributed by atoms with Crippen LogP contribution in [0.3, 0.4) is 0 Å². The van der Waals surface area contributed by atoms with E-state index in [4.69, 9.17) is 4.74 Å². The summed E-state index contributed by atoms with van der Waals surface area (Å²) < 4.78 is 5.12. The second kappa shape index (κ2) is 4.24. The normalized spacial score (nSPS) is 23.2. The second-order valence-electron chi connectivity index (χ2n) is 4.33. The van der Waals surface area contributed by atoms with Gasteiger partial charge in [0.05, 0.1) is 13.2 Å². The van der Waals surface area contributed by atoms with Crippen molar-refractivity contribution in [3.63, 3.8) is 0 Å². The fourth-order valence-electron chi connectivity index (χ4n) is 1.95. The summed E-state index contributed by atoms with van der Waals surface area (Å²) in [4.78, 5) is 0. The Hall–Kier alpha value is -0.0800. The molecular formula is C10H20O2. The average molecular weight is 172 g/mol. The first-order valence-corrected chi connectivity index (χ1v) is 4.89. The molecule has 72 valence electrons. The molecule has 0 bridgehead atoms. The van der Waals surface area contributed by atoms with E-state index in [-0.39, 0.29) is 5.41 Å². The molecule has 0 radical (unpaired) electrons. The Morgan fingerprint density at radius 1 is 1.50 bits per heavy atom. The van der Waals surface area contributed by atoms with Crippen LogP contribution in [-0.2, 0) is 4.74 Å². The predicted molar refractivity (Wildman–Crippen MR) is 49.0 cm³/mol. The fraction of sp³-hybridized carbons (Fsp3) is 1.00. The average Bonchev–Trinajstić information content (AvgIpc) is 1.98. The molecule has 1 N–H and O–H groups in total. The molecule has 1 rings (SSSR count). The van der Waals surface area contributed by atoms with Crippen molar-refractivity contribution in [2.24, 2.45) is 11.3 Å². The minimum atomic E-state index is 0.142. The number of hydrogen-bond acceptors (Lipinski definition) is 2. The third-order valence-electron chi connectivity index (χ3n) is 2.72. The molecule has 12 heavy (non-hydrogen) atoms. The van der Waals surface area contributed by atoms with Crippen LogP contribution in [0.5, 0.6) is 0 Å². The van der Waals surface area contributed by atoms with Gasteiger partial charge in [-0.3, -0.25) is 0 Å². The molecule has 0 aromatic heterocycles. The van der Waals surface area contributed by atoms with E-state index < -0.39 is 0 Å². The summed E-state index contributed by atoms with van der Waals surface area (Å²) in [5.74, 6) is 0.702. The van der Waals surface area contributed by atoms with Gasteiger partial charge in [0.2, 0.25) is 0 Å². The van der Waals surface area contributed by atoms with Gasteiger partial charge < -0.3 is 9.84 Å². The van der Waals surface area contributed by atoms with E-state index >= 15 is 0 Å². The zero-order valence-corrected chi connectivity index (χ0v) is 8.18. The van der Waals surface area contributed by atoms with E-state index in [0.29, 0.717) is 12.5 Å². The van der Waals surface area contributed by atoms with Crippen LogP contribution in [0.4, 0.5) is 0 Å². The van der Waals surface area contributed by atoms with Gasteiger partial charge in [0.25, 0.3) is 0 Å². The summed E-state index contributed by atoms with van der Waals surface area (Å²) in [6, 6.07) is 0. The Balaban J connectivity index is 2.30. The Bertz CT molecular complexity index is 132. The Kier molecular flexibility index (Phi) is 3.53. The van der Waals surface area contributed by atoms with Crippen LogP contribution in [0.15, 0.2) is 0 Å². The zero-order chi connectivity index (χ0) is 9.03. The lowest BCUT2D eigenvalue weighted by molar-refractivity contribution is -0.0605. The van der Waals surface area contributed by atoms with Gasteiger partial charge in [-0.25, -0.2) is 0 Å². The third-order valence-corrected chi connectivity index (χ3v) is 2.72. The van der Waals surface area contributed by atoms with Crippen molar-refractivity contribution in [2.45, 2.75) is 33.1 Å². The van der Waals surface area contributed by atoms with Crippen molar-refractivity contribution >= 4 is 0 Å². The molecule has 1 heterocycles. The Morgan fingerprint density at radius 2 is 2.17 bits per heavy atom. The number of hydrogen-bond donors (Lipinski definition) is 1. The third kappa shape index (κ3) is 2.46. The zero-order valence-electron chi connectivity index (χ0n) is 8.18. The molecule has 1 unspecified atom stereocenters. The highest BCUT2D eigenvalue weighted by Crippen LogP contribution is 2.33. The summed E-state index contributed by atoms with van der Waals surface area (Å²) >= 11 is 0. The highest BCUT2D eigenvalue weighted by atomic mass is 16.5. The lowest BCUT2D eigenvalue weighted by Crippen LogP contribution is -2.35. The molecule has 1 aliphatic heterocycles. The molecule has 1 saturated heterocycles. The monoisotopic (exact) mass is 172 g/mol. The van der Waals surface area contributed by atoms with Gasteiger partial charge >= 0.3 is 0 Å². The lowest BCUT2D eigenvalue weighted by Gasteiger charge is -2.35. The number of aliphatic hydroxyl groups excluding tert-OH is 1. The summed E-state index contributed by atoms with van der Waals surface area (Å²) in [5, 5.41) is 9.24. The molecule has 0 saturated carbocycles. The molecule has 1 aliphatic rings. The first-order chi connectivity index (χ1) is 5.70. The van der Waals surface area contributed by atoms with Crippen LogP contribution >= 0.6 is 0 Å². The van der Waals surface area contributed by atoms with E-state index in [1.807, 2.05) is 0 Å². The molecule has 1 fully saturated rings. The number of rotatable bonds is 5. The molecule has 0 aromatic rings. The van der Waals surface area contributed by atoms with Crippen LogP contribution in [0.2, 0.25) is 0 Å². The van der Waals surface area contributed by atoms with E-state index in [2.05, 4.69) is 13.8 Å². The fourth-order valence-corrected chi connectivity index (χ4v) is 1.95. The van der Waals surface area contributed by atoms with E-state index in [0.717, 1.165) is 32.5 Å². The van der Waals surface area contributed by atoms with Crippen LogP contribution in [0, 0.1) is 11.3 Å². The van der Waals surface area contributed by atoms with Crippen LogP contribution in [0.1, 0.15) is 33.1 Å². The van der Waals surface area contributed by atoms with Gasteiger partial charge in [-0.1, -0.05) is 20.3 Å². The minimum absolute atomic E-state index is 0.142. The van der Waals surface area contributed by atoms with E-state index in [9.17, 15) is 5.11 Å². The molecule has 0 aromatic carbocycles.